The van der Waals surface area contributed by atoms with Crippen LogP contribution in [0.2, 0.25) is 0 Å². The van der Waals surface area contributed by atoms with Gasteiger partial charge in [0.15, 0.2) is 0 Å². The smallest absolute Gasteiger partial charge is 0.304 e. The second-order valence-electron chi connectivity index (χ2n) is 8.98. The van der Waals surface area contributed by atoms with Crippen molar-refractivity contribution in [2.75, 3.05) is 6.61 Å². The van der Waals surface area contributed by atoms with Crippen molar-refractivity contribution in [1.82, 2.24) is 9.78 Å². The van der Waals surface area contributed by atoms with Crippen molar-refractivity contribution in [3.8, 4) is 23.0 Å². The summed E-state index contributed by atoms with van der Waals surface area (Å²) < 4.78 is 34.8. The van der Waals surface area contributed by atoms with Gasteiger partial charge in [0.1, 0.15) is 34.9 Å². The van der Waals surface area contributed by atoms with E-state index >= 15 is 0 Å². The van der Waals surface area contributed by atoms with E-state index in [4.69, 9.17) is 19.3 Å². The lowest BCUT2D eigenvalue weighted by Crippen LogP contribution is -2.07. The predicted molar refractivity (Wildman–Crippen MR) is 126 cm³/mol. The number of carboxylic acid groups (broad SMARTS) is 1. The van der Waals surface area contributed by atoms with Crippen molar-refractivity contribution in [3.05, 3.63) is 77.2 Å². The summed E-state index contributed by atoms with van der Waals surface area (Å²) in [6, 6.07) is 14.2. The van der Waals surface area contributed by atoms with Gasteiger partial charge in [-0.05, 0) is 43.2 Å². The standard InChI is InChI=1S/C27H23FN2O5/c1-30-22-11-17(3-2-15(22)13-29-30)34-23-9-7-21(28)27-20(23)6-8-24(27)35-18-4-5-19-16(10-26(31)32)14-33-25(19)12-18/h2-5,7,9,11-13,16,24H,6,8,10,14H2,1H3,(H,31,32)/t16?,24-/m1/s1. The van der Waals surface area contributed by atoms with Crippen molar-refractivity contribution >= 4 is 16.9 Å². The molecule has 0 bridgehead atoms. The molecular weight excluding hydrogens is 451 g/mol. The maximum atomic E-state index is 14.9. The molecule has 1 aromatic heterocycles. The Kier molecular flexibility index (Phi) is 5.09. The number of ether oxygens (including phenoxy) is 3. The van der Waals surface area contributed by atoms with Crippen LogP contribution in [0.4, 0.5) is 4.39 Å². The third-order valence-corrected chi connectivity index (χ3v) is 6.75. The van der Waals surface area contributed by atoms with Crippen LogP contribution in [0.5, 0.6) is 23.0 Å². The Morgan fingerprint density at radius 1 is 1.20 bits per heavy atom. The minimum Gasteiger partial charge on any atom is -0.492 e. The van der Waals surface area contributed by atoms with E-state index in [1.807, 2.05) is 31.3 Å². The molecule has 0 saturated carbocycles. The van der Waals surface area contributed by atoms with Gasteiger partial charge in [0.05, 0.1) is 24.7 Å². The Labute approximate surface area is 200 Å². The fourth-order valence-electron chi connectivity index (χ4n) is 5.04. The van der Waals surface area contributed by atoms with Gasteiger partial charge in [-0.1, -0.05) is 6.07 Å². The van der Waals surface area contributed by atoms with E-state index in [1.165, 1.54) is 6.07 Å². The summed E-state index contributed by atoms with van der Waals surface area (Å²) in [6.45, 7) is 0.331. The van der Waals surface area contributed by atoms with Crippen LogP contribution < -0.4 is 14.2 Å². The zero-order valence-corrected chi connectivity index (χ0v) is 19.0. The third kappa shape index (κ3) is 3.84. The van der Waals surface area contributed by atoms with Crippen molar-refractivity contribution in [1.29, 1.82) is 0 Å². The lowest BCUT2D eigenvalue weighted by molar-refractivity contribution is -0.137. The first-order valence-electron chi connectivity index (χ1n) is 11.5. The number of hydrogen-bond acceptors (Lipinski definition) is 5. The van der Waals surface area contributed by atoms with Gasteiger partial charge in [-0.25, -0.2) is 4.39 Å². The fourth-order valence-corrected chi connectivity index (χ4v) is 5.04. The van der Waals surface area contributed by atoms with E-state index in [-0.39, 0.29) is 18.2 Å². The third-order valence-electron chi connectivity index (χ3n) is 6.75. The number of aryl methyl sites for hydroxylation is 1. The normalized spacial score (nSPS) is 18.2. The molecule has 1 aliphatic heterocycles. The molecule has 178 valence electrons. The first-order valence-corrected chi connectivity index (χ1v) is 11.5. The van der Waals surface area contributed by atoms with Crippen molar-refractivity contribution < 1.29 is 28.5 Å². The largest absolute Gasteiger partial charge is 0.492 e. The summed E-state index contributed by atoms with van der Waals surface area (Å²) in [4.78, 5) is 11.1. The first-order chi connectivity index (χ1) is 17.0. The highest BCUT2D eigenvalue weighted by Gasteiger charge is 2.32. The number of aromatic nitrogens is 2. The van der Waals surface area contributed by atoms with Gasteiger partial charge in [0, 0.05) is 47.2 Å². The van der Waals surface area contributed by atoms with E-state index in [0.717, 1.165) is 22.0 Å². The molecule has 2 heterocycles. The fraction of sp³-hybridized carbons (Fsp3) is 0.259. The van der Waals surface area contributed by atoms with Crippen LogP contribution in [-0.4, -0.2) is 27.5 Å². The molecule has 1 N–H and O–H groups in total. The Hall–Kier alpha value is -4.07. The molecule has 35 heavy (non-hydrogen) atoms. The summed E-state index contributed by atoms with van der Waals surface area (Å²) >= 11 is 0. The van der Waals surface area contributed by atoms with E-state index in [2.05, 4.69) is 5.10 Å². The number of nitrogens with zero attached hydrogens (tertiary/aromatic N) is 2. The van der Waals surface area contributed by atoms with Gasteiger partial charge < -0.3 is 19.3 Å². The van der Waals surface area contributed by atoms with Crippen LogP contribution in [0, 0.1) is 5.82 Å². The number of aliphatic carboxylic acids is 1. The Morgan fingerprint density at radius 3 is 2.91 bits per heavy atom. The average molecular weight is 474 g/mol. The summed E-state index contributed by atoms with van der Waals surface area (Å²) in [6.07, 6.45) is 2.61. The van der Waals surface area contributed by atoms with Crippen LogP contribution in [0.1, 0.15) is 41.6 Å². The van der Waals surface area contributed by atoms with E-state index in [9.17, 15) is 9.18 Å². The molecule has 0 saturated heterocycles. The molecule has 0 amide bonds. The number of carbonyl (C=O) groups is 1. The van der Waals surface area contributed by atoms with Crippen molar-refractivity contribution in [3.63, 3.8) is 0 Å². The van der Waals surface area contributed by atoms with Crippen LogP contribution in [0.3, 0.4) is 0 Å². The Morgan fingerprint density at radius 2 is 2.06 bits per heavy atom. The van der Waals surface area contributed by atoms with Gasteiger partial charge in [0.2, 0.25) is 0 Å². The molecule has 4 aromatic rings. The lowest BCUT2D eigenvalue weighted by atomic mass is 9.98. The maximum absolute atomic E-state index is 14.9. The number of carboxylic acids is 1. The van der Waals surface area contributed by atoms with Crippen LogP contribution in [0.25, 0.3) is 10.9 Å². The molecule has 8 heteroatoms. The summed E-state index contributed by atoms with van der Waals surface area (Å²) in [7, 11) is 1.87. The molecule has 2 atom stereocenters. The highest BCUT2D eigenvalue weighted by Crippen LogP contribution is 2.44. The maximum Gasteiger partial charge on any atom is 0.304 e. The van der Waals surface area contributed by atoms with Gasteiger partial charge >= 0.3 is 5.97 Å². The van der Waals surface area contributed by atoms with Gasteiger partial charge in [-0.15, -0.1) is 0 Å². The van der Waals surface area contributed by atoms with Gasteiger partial charge in [-0.2, -0.15) is 5.10 Å². The highest BCUT2D eigenvalue weighted by molar-refractivity contribution is 5.80. The highest BCUT2D eigenvalue weighted by atomic mass is 19.1. The summed E-state index contributed by atoms with van der Waals surface area (Å²) in [5.41, 5.74) is 3.12. The minimum atomic E-state index is -0.858. The van der Waals surface area contributed by atoms with Crippen LogP contribution >= 0.6 is 0 Å². The summed E-state index contributed by atoms with van der Waals surface area (Å²) in [5.74, 6) is 1.10. The molecule has 0 radical (unpaired) electrons. The van der Waals surface area contributed by atoms with Crippen LogP contribution in [-0.2, 0) is 18.3 Å². The molecule has 3 aromatic carbocycles. The zero-order chi connectivity index (χ0) is 24.1. The summed E-state index contributed by atoms with van der Waals surface area (Å²) in [5, 5.41) is 14.4. The minimum absolute atomic E-state index is 0.0186. The number of rotatable bonds is 6. The number of benzene rings is 3. The molecule has 2 aliphatic rings. The van der Waals surface area contributed by atoms with Gasteiger partial charge in [-0.3, -0.25) is 9.48 Å². The SMILES string of the molecule is Cn1ncc2ccc(Oc3ccc(F)c4c3CC[C@H]4Oc3ccc4c(c3)OCC4CC(=O)O)cc21. The lowest BCUT2D eigenvalue weighted by Gasteiger charge is -2.17. The molecule has 1 unspecified atom stereocenters. The monoisotopic (exact) mass is 474 g/mol. The molecule has 0 fully saturated rings. The first kappa shape index (κ1) is 21.5. The zero-order valence-electron chi connectivity index (χ0n) is 19.0. The molecule has 1 aliphatic carbocycles. The van der Waals surface area contributed by atoms with E-state index in [0.29, 0.717) is 48.0 Å². The van der Waals surface area contributed by atoms with Crippen molar-refractivity contribution in [2.24, 2.45) is 7.05 Å². The second-order valence-corrected chi connectivity index (χ2v) is 8.98. The average Bonchev–Trinajstić information content (AvgIpc) is 3.54. The van der Waals surface area contributed by atoms with E-state index < -0.39 is 12.1 Å². The number of halogens is 1. The molecule has 7 nitrogen and oxygen atoms in total. The molecule has 6 rings (SSSR count). The topological polar surface area (TPSA) is 82.8 Å². The number of fused-ring (bicyclic) bond motifs is 3. The second kappa shape index (κ2) is 8.30. The quantitative estimate of drug-likeness (QED) is 0.396. The van der Waals surface area contributed by atoms with Gasteiger partial charge in [0.25, 0.3) is 0 Å². The molecular formula is C27H23FN2O5. The van der Waals surface area contributed by atoms with Crippen molar-refractivity contribution in [2.45, 2.75) is 31.3 Å². The number of hydrogen-bond donors (Lipinski definition) is 1. The predicted octanol–water partition coefficient (Wildman–Crippen LogP) is 5.52. The van der Waals surface area contributed by atoms with Crippen LogP contribution in [0.15, 0.2) is 54.7 Å². The molecule has 0 spiro atoms. The Balaban J connectivity index is 1.25. The van der Waals surface area contributed by atoms with E-state index in [1.54, 1.807) is 29.1 Å². The Bertz CT molecular complexity index is 1460.